The highest BCUT2D eigenvalue weighted by Gasteiger charge is 2.19. The van der Waals surface area contributed by atoms with Gasteiger partial charge in [-0.15, -0.1) is 0 Å². The van der Waals surface area contributed by atoms with Crippen molar-refractivity contribution >= 4 is 17.9 Å². The first-order chi connectivity index (χ1) is 37.5. The van der Waals surface area contributed by atoms with E-state index >= 15 is 0 Å². The Bertz CT molecular complexity index is 1310. The van der Waals surface area contributed by atoms with E-state index in [1.165, 1.54) is 250 Å². The Morgan fingerprint density at radius 3 is 0.776 bits per heavy atom. The highest BCUT2D eigenvalue weighted by molar-refractivity contribution is 5.71. The highest BCUT2D eigenvalue weighted by atomic mass is 16.6. The third-order valence-corrected chi connectivity index (χ3v) is 15.0. The molecule has 0 aromatic rings. The van der Waals surface area contributed by atoms with Crippen molar-refractivity contribution in [3.8, 4) is 0 Å². The van der Waals surface area contributed by atoms with Gasteiger partial charge in [-0.1, -0.05) is 294 Å². The lowest BCUT2D eigenvalue weighted by atomic mass is 10.0. The van der Waals surface area contributed by atoms with E-state index in [9.17, 15) is 14.4 Å². The molecule has 76 heavy (non-hydrogen) atoms. The third kappa shape index (κ3) is 62.2. The molecule has 0 spiro atoms. The minimum atomic E-state index is -0.777. The van der Waals surface area contributed by atoms with Gasteiger partial charge in [0.2, 0.25) is 0 Å². The summed E-state index contributed by atoms with van der Waals surface area (Å²) in [5.41, 5.74) is 0. The quantitative estimate of drug-likeness (QED) is 0.0261. The Morgan fingerprint density at radius 2 is 0.487 bits per heavy atom. The van der Waals surface area contributed by atoms with Gasteiger partial charge < -0.3 is 14.2 Å². The van der Waals surface area contributed by atoms with Crippen LogP contribution in [0.1, 0.15) is 361 Å². The van der Waals surface area contributed by atoms with Crippen molar-refractivity contribution in [3.63, 3.8) is 0 Å². The average molecular weight is 1070 g/mol. The van der Waals surface area contributed by atoms with E-state index < -0.39 is 6.10 Å². The van der Waals surface area contributed by atoms with Crippen LogP contribution < -0.4 is 0 Å². The van der Waals surface area contributed by atoms with Gasteiger partial charge in [-0.3, -0.25) is 14.4 Å². The number of ether oxygens (including phenoxy) is 3. The summed E-state index contributed by atoms with van der Waals surface area (Å²) >= 11 is 0. The number of hydrogen-bond acceptors (Lipinski definition) is 6. The molecular formula is C70H128O6. The van der Waals surface area contributed by atoms with Crippen LogP contribution in [0.2, 0.25) is 0 Å². The molecule has 0 aliphatic rings. The maximum Gasteiger partial charge on any atom is 0.306 e. The van der Waals surface area contributed by atoms with Crippen molar-refractivity contribution in [2.45, 2.75) is 367 Å². The zero-order valence-corrected chi connectivity index (χ0v) is 51.0. The Balaban J connectivity index is 4.16. The largest absolute Gasteiger partial charge is 0.462 e. The normalized spacial score (nSPS) is 12.3. The molecule has 0 amide bonds. The Morgan fingerprint density at radius 1 is 0.263 bits per heavy atom. The number of rotatable bonds is 62. The predicted octanol–water partition coefficient (Wildman–Crippen LogP) is 22.9. The van der Waals surface area contributed by atoms with Crippen LogP contribution >= 0.6 is 0 Å². The van der Waals surface area contributed by atoms with Crippen molar-refractivity contribution < 1.29 is 28.6 Å². The molecule has 0 aliphatic carbocycles. The lowest BCUT2D eigenvalue weighted by Crippen LogP contribution is -2.30. The molecule has 0 bridgehead atoms. The van der Waals surface area contributed by atoms with E-state index in [-0.39, 0.29) is 31.1 Å². The van der Waals surface area contributed by atoms with Gasteiger partial charge in [0.25, 0.3) is 0 Å². The van der Waals surface area contributed by atoms with Crippen LogP contribution in [-0.4, -0.2) is 37.2 Å². The summed E-state index contributed by atoms with van der Waals surface area (Å²) in [6.45, 7) is 6.63. The minimum absolute atomic E-state index is 0.0741. The molecule has 0 fully saturated rings. The molecule has 1 atom stereocenters. The van der Waals surface area contributed by atoms with E-state index in [2.05, 4.69) is 69.4 Å². The topological polar surface area (TPSA) is 78.9 Å². The average Bonchev–Trinajstić information content (AvgIpc) is 3.42. The van der Waals surface area contributed by atoms with Crippen LogP contribution in [0.25, 0.3) is 0 Å². The first-order valence-electron chi connectivity index (χ1n) is 33.6. The Kier molecular flexibility index (Phi) is 62.6. The highest BCUT2D eigenvalue weighted by Crippen LogP contribution is 2.17. The second-order valence-corrected chi connectivity index (χ2v) is 22.7. The predicted molar refractivity (Wildman–Crippen MR) is 330 cm³/mol. The van der Waals surface area contributed by atoms with Crippen molar-refractivity contribution in [1.29, 1.82) is 0 Å². The van der Waals surface area contributed by atoms with Crippen LogP contribution in [0.3, 0.4) is 0 Å². The molecule has 0 radical (unpaired) electrons. The summed E-state index contributed by atoms with van der Waals surface area (Å²) < 4.78 is 16.9. The maximum absolute atomic E-state index is 12.9. The SMILES string of the molecule is CCCC/C=C\CCCCCCCC(=O)OCC(COC(=O)CCCCCCCCCCCCCCCCCCC/C=C\C/C=C\CCCCCCC)OC(=O)CCCCCCCCC/C=C\CCCCCCCCC. The van der Waals surface area contributed by atoms with Gasteiger partial charge in [0.1, 0.15) is 13.2 Å². The first kappa shape index (κ1) is 73.4. The number of unbranched alkanes of at least 4 members (excludes halogenated alkanes) is 43. The first-order valence-corrected chi connectivity index (χ1v) is 33.6. The van der Waals surface area contributed by atoms with E-state index in [0.29, 0.717) is 19.3 Å². The van der Waals surface area contributed by atoms with Crippen LogP contribution in [0, 0.1) is 0 Å². The molecule has 0 saturated carbocycles. The molecule has 0 aliphatic heterocycles. The standard InChI is InChI=1S/C70H128O6/c1-4-7-10-13-16-19-22-24-26-28-30-31-32-33-34-35-36-37-38-39-40-42-43-45-48-51-54-57-60-63-69(72)75-66-67(65-74-68(71)62-59-56-53-50-47-21-18-15-12-9-6-3)76-70(73)64-61-58-55-52-49-46-44-41-29-27-25-23-20-17-14-11-8-5-2/h15,18,22,24,27-30,67H,4-14,16-17,19-21,23,25-26,31-66H2,1-3H3/b18-15-,24-22-,29-27-,30-28-. The van der Waals surface area contributed by atoms with Gasteiger partial charge in [-0.05, 0) is 96.3 Å². The van der Waals surface area contributed by atoms with E-state index in [0.717, 1.165) is 70.6 Å². The molecule has 0 saturated heterocycles. The molecule has 0 N–H and O–H groups in total. The monoisotopic (exact) mass is 1060 g/mol. The molecule has 0 heterocycles. The van der Waals surface area contributed by atoms with Crippen LogP contribution in [-0.2, 0) is 28.6 Å². The lowest BCUT2D eigenvalue weighted by Gasteiger charge is -2.18. The zero-order chi connectivity index (χ0) is 55.0. The summed E-state index contributed by atoms with van der Waals surface area (Å²) in [6.07, 6.45) is 81.4. The van der Waals surface area contributed by atoms with Gasteiger partial charge in [0.15, 0.2) is 6.10 Å². The number of allylic oxidation sites excluding steroid dienone is 8. The van der Waals surface area contributed by atoms with Gasteiger partial charge in [0.05, 0.1) is 0 Å². The van der Waals surface area contributed by atoms with E-state index in [4.69, 9.17) is 14.2 Å². The maximum atomic E-state index is 12.9. The smallest absolute Gasteiger partial charge is 0.306 e. The minimum Gasteiger partial charge on any atom is -0.462 e. The zero-order valence-electron chi connectivity index (χ0n) is 51.0. The lowest BCUT2D eigenvalue weighted by molar-refractivity contribution is -0.167. The van der Waals surface area contributed by atoms with Crippen molar-refractivity contribution in [1.82, 2.24) is 0 Å². The fourth-order valence-corrected chi connectivity index (χ4v) is 9.92. The third-order valence-electron chi connectivity index (χ3n) is 15.0. The number of carbonyl (C=O) groups is 3. The van der Waals surface area contributed by atoms with Gasteiger partial charge in [-0.2, -0.15) is 0 Å². The Labute approximate surface area is 473 Å². The second-order valence-electron chi connectivity index (χ2n) is 22.7. The molecule has 1 unspecified atom stereocenters. The van der Waals surface area contributed by atoms with Crippen LogP contribution in [0.4, 0.5) is 0 Å². The number of esters is 3. The van der Waals surface area contributed by atoms with Gasteiger partial charge >= 0.3 is 17.9 Å². The van der Waals surface area contributed by atoms with Crippen molar-refractivity contribution in [2.24, 2.45) is 0 Å². The summed E-state index contributed by atoms with van der Waals surface area (Å²) in [5, 5.41) is 0. The van der Waals surface area contributed by atoms with E-state index in [1.54, 1.807) is 0 Å². The summed E-state index contributed by atoms with van der Waals surface area (Å²) in [4.78, 5) is 38.3. The second kappa shape index (κ2) is 64.9. The van der Waals surface area contributed by atoms with Gasteiger partial charge in [0, 0.05) is 19.3 Å². The summed E-state index contributed by atoms with van der Waals surface area (Å²) in [5.74, 6) is -0.868. The fraction of sp³-hybridized carbons (Fsp3) is 0.843. The van der Waals surface area contributed by atoms with Crippen LogP contribution in [0.15, 0.2) is 48.6 Å². The van der Waals surface area contributed by atoms with Crippen molar-refractivity contribution in [2.75, 3.05) is 13.2 Å². The summed E-state index contributed by atoms with van der Waals surface area (Å²) in [6, 6.07) is 0. The van der Waals surface area contributed by atoms with Gasteiger partial charge in [-0.25, -0.2) is 0 Å². The van der Waals surface area contributed by atoms with Crippen molar-refractivity contribution in [3.05, 3.63) is 48.6 Å². The van der Waals surface area contributed by atoms with E-state index in [1.807, 2.05) is 0 Å². The molecular weight excluding hydrogens is 937 g/mol. The molecule has 6 heteroatoms. The Hall–Kier alpha value is -2.63. The molecule has 444 valence electrons. The summed E-state index contributed by atoms with van der Waals surface area (Å²) in [7, 11) is 0. The fourth-order valence-electron chi connectivity index (χ4n) is 9.92. The molecule has 0 aromatic carbocycles. The number of carbonyl (C=O) groups excluding carboxylic acids is 3. The number of hydrogen-bond donors (Lipinski definition) is 0. The molecule has 6 nitrogen and oxygen atoms in total. The molecule has 0 rings (SSSR count). The molecule has 0 aromatic heterocycles. The van der Waals surface area contributed by atoms with Crippen LogP contribution in [0.5, 0.6) is 0 Å².